The zero-order chi connectivity index (χ0) is 16.7. The lowest BCUT2D eigenvalue weighted by molar-refractivity contribution is -0.119. The molecule has 0 saturated carbocycles. The van der Waals surface area contributed by atoms with Crippen molar-refractivity contribution in [2.75, 3.05) is 4.90 Å². The van der Waals surface area contributed by atoms with Gasteiger partial charge < -0.3 is 4.90 Å². The molecular formula is C19H17N3O2. The molecule has 1 aliphatic heterocycles. The third-order valence-corrected chi connectivity index (χ3v) is 4.52. The molecule has 0 radical (unpaired) electrons. The van der Waals surface area contributed by atoms with Crippen LogP contribution in [0.4, 0.5) is 5.69 Å². The maximum Gasteiger partial charge on any atom is 0.275 e. The highest BCUT2D eigenvalue weighted by molar-refractivity contribution is 5.96. The number of hydrogen-bond donors (Lipinski definition) is 0. The van der Waals surface area contributed by atoms with Gasteiger partial charge in [0.1, 0.15) is 6.54 Å². The average molecular weight is 319 g/mol. The number of anilines is 1. The van der Waals surface area contributed by atoms with Crippen molar-refractivity contribution < 1.29 is 4.79 Å². The minimum Gasteiger partial charge on any atom is -0.307 e. The number of hydrogen-bond acceptors (Lipinski definition) is 3. The average Bonchev–Trinajstić information content (AvgIpc) is 2.93. The van der Waals surface area contributed by atoms with Crippen molar-refractivity contribution in [1.82, 2.24) is 9.78 Å². The lowest BCUT2D eigenvalue weighted by Gasteiger charge is -2.22. The molecule has 5 nitrogen and oxygen atoms in total. The SMILES string of the molecule is C[C@@H]1Cc2ccccc2N1C(=O)Cn1ncc2ccccc2c1=O. The molecule has 1 amide bonds. The fourth-order valence-electron chi connectivity index (χ4n) is 3.39. The van der Waals surface area contributed by atoms with E-state index in [0.29, 0.717) is 5.39 Å². The second-order valence-electron chi connectivity index (χ2n) is 6.14. The van der Waals surface area contributed by atoms with Crippen LogP contribution in [0, 0.1) is 0 Å². The highest BCUT2D eigenvalue weighted by atomic mass is 16.2. The summed E-state index contributed by atoms with van der Waals surface area (Å²) in [4.78, 5) is 27.1. The van der Waals surface area contributed by atoms with Gasteiger partial charge in [0.15, 0.2) is 0 Å². The summed E-state index contributed by atoms with van der Waals surface area (Å²) < 4.78 is 1.25. The van der Waals surface area contributed by atoms with Gasteiger partial charge in [-0.2, -0.15) is 5.10 Å². The van der Waals surface area contributed by atoms with E-state index in [4.69, 9.17) is 0 Å². The van der Waals surface area contributed by atoms with Crippen molar-refractivity contribution in [3.8, 4) is 0 Å². The van der Waals surface area contributed by atoms with Crippen LogP contribution in [0.5, 0.6) is 0 Å². The molecule has 2 heterocycles. The maximum absolute atomic E-state index is 12.8. The van der Waals surface area contributed by atoms with Gasteiger partial charge in [-0.1, -0.05) is 36.4 Å². The largest absolute Gasteiger partial charge is 0.307 e. The molecule has 0 bridgehead atoms. The molecule has 120 valence electrons. The van der Waals surface area contributed by atoms with E-state index in [-0.39, 0.29) is 24.1 Å². The first-order valence-corrected chi connectivity index (χ1v) is 8.00. The quantitative estimate of drug-likeness (QED) is 0.729. The molecule has 2 aromatic carbocycles. The third-order valence-electron chi connectivity index (χ3n) is 4.52. The fourth-order valence-corrected chi connectivity index (χ4v) is 3.39. The van der Waals surface area contributed by atoms with E-state index in [1.54, 1.807) is 17.2 Å². The van der Waals surface area contributed by atoms with Gasteiger partial charge in [-0.25, -0.2) is 4.68 Å². The molecule has 24 heavy (non-hydrogen) atoms. The highest BCUT2D eigenvalue weighted by Gasteiger charge is 2.30. The van der Waals surface area contributed by atoms with Gasteiger partial charge in [-0.15, -0.1) is 0 Å². The van der Waals surface area contributed by atoms with Crippen molar-refractivity contribution in [1.29, 1.82) is 0 Å². The van der Waals surface area contributed by atoms with Gasteiger partial charge >= 0.3 is 0 Å². The van der Waals surface area contributed by atoms with Crippen molar-refractivity contribution in [2.24, 2.45) is 0 Å². The number of aromatic nitrogens is 2. The van der Waals surface area contributed by atoms with Crippen LogP contribution in [0.25, 0.3) is 10.8 Å². The van der Waals surface area contributed by atoms with Gasteiger partial charge in [0.2, 0.25) is 5.91 Å². The van der Waals surface area contributed by atoms with E-state index in [0.717, 1.165) is 23.1 Å². The number of carbonyl (C=O) groups is 1. The molecule has 5 heteroatoms. The van der Waals surface area contributed by atoms with Crippen molar-refractivity contribution >= 4 is 22.4 Å². The second-order valence-corrected chi connectivity index (χ2v) is 6.14. The minimum absolute atomic E-state index is 0.0532. The number of para-hydroxylation sites is 1. The summed E-state index contributed by atoms with van der Waals surface area (Å²) in [6, 6.07) is 15.3. The number of nitrogens with zero attached hydrogens (tertiary/aromatic N) is 3. The summed E-state index contributed by atoms with van der Waals surface area (Å²) in [5.74, 6) is -0.114. The molecule has 3 aromatic rings. The Kier molecular flexibility index (Phi) is 3.41. The first-order valence-electron chi connectivity index (χ1n) is 8.00. The molecular weight excluding hydrogens is 302 g/mol. The lowest BCUT2D eigenvalue weighted by Crippen LogP contribution is -2.40. The monoisotopic (exact) mass is 319 g/mol. The minimum atomic E-state index is -0.235. The Morgan fingerprint density at radius 3 is 2.79 bits per heavy atom. The first kappa shape index (κ1) is 14.6. The molecule has 0 aliphatic carbocycles. The Balaban J connectivity index is 1.68. The van der Waals surface area contributed by atoms with Crippen molar-refractivity contribution in [3.63, 3.8) is 0 Å². The molecule has 1 atom stereocenters. The number of carbonyl (C=O) groups excluding carboxylic acids is 1. The zero-order valence-corrected chi connectivity index (χ0v) is 13.3. The number of amides is 1. The normalized spacial score (nSPS) is 16.4. The smallest absolute Gasteiger partial charge is 0.275 e. The molecule has 1 aliphatic rings. The summed E-state index contributed by atoms with van der Waals surface area (Å²) in [6.07, 6.45) is 2.47. The van der Waals surface area contributed by atoms with E-state index in [2.05, 4.69) is 5.10 Å². The summed E-state index contributed by atoms with van der Waals surface area (Å²) >= 11 is 0. The number of fused-ring (bicyclic) bond motifs is 2. The van der Waals surface area contributed by atoms with Crippen LogP contribution in [0.3, 0.4) is 0 Å². The molecule has 0 N–H and O–H groups in total. The van der Waals surface area contributed by atoms with E-state index < -0.39 is 0 Å². The molecule has 0 spiro atoms. The summed E-state index contributed by atoms with van der Waals surface area (Å²) in [5, 5.41) is 5.52. The van der Waals surface area contributed by atoms with Crippen LogP contribution in [0.15, 0.2) is 59.5 Å². The molecule has 1 aromatic heterocycles. The van der Waals surface area contributed by atoms with Crippen LogP contribution in [-0.4, -0.2) is 21.7 Å². The number of rotatable bonds is 2. The Morgan fingerprint density at radius 2 is 1.92 bits per heavy atom. The van der Waals surface area contributed by atoms with Crippen LogP contribution in [0.1, 0.15) is 12.5 Å². The highest BCUT2D eigenvalue weighted by Crippen LogP contribution is 2.31. The van der Waals surface area contributed by atoms with Crippen LogP contribution in [-0.2, 0) is 17.8 Å². The Bertz CT molecular complexity index is 993. The lowest BCUT2D eigenvalue weighted by atomic mass is 10.1. The van der Waals surface area contributed by atoms with Crippen LogP contribution < -0.4 is 10.5 Å². The van der Waals surface area contributed by atoms with Gasteiger partial charge in [0.25, 0.3) is 5.56 Å². The third kappa shape index (κ3) is 2.29. The van der Waals surface area contributed by atoms with Gasteiger partial charge in [0, 0.05) is 17.1 Å². The summed E-state index contributed by atoms with van der Waals surface area (Å²) in [5.41, 5.74) is 1.86. The second kappa shape index (κ2) is 5.60. The predicted octanol–water partition coefficient (Wildman–Crippen LogP) is 2.37. The molecule has 4 rings (SSSR count). The van der Waals surface area contributed by atoms with Crippen LogP contribution in [0.2, 0.25) is 0 Å². The first-order chi connectivity index (χ1) is 11.6. The summed E-state index contributed by atoms with van der Waals surface area (Å²) in [6.45, 7) is 1.97. The maximum atomic E-state index is 12.8. The van der Waals surface area contributed by atoms with Crippen molar-refractivity contribution in [3.05, 3.63) is 70.6 Å². The molecule has 0 unspecified atom stereocenters. The van der Waals surface area contributed by atoms with E-state index in [1.165, 1.54) is 4.68 Å². The predicted molar refractivity (Wildman–Crippen MR) is 93.1 cm³/mol. The Hall–Kier alpha value is -2.95. The summed E-state index contributed by atoms with van der Waals surface area (Å²) in [7, 11) is 0. The topological polar surface area (TPSA) is 55.2 Å². The fraction of sp³-hybridized carbons (Fsp3) is 0.211. The van der Waals surface area contributed by atoms with Gasteiger partial charge in [-0.05, 0) is 31.0 Å². The Morgan fingerprint density at radius 1 is 1.17 bits per heavy atom. The molecule has 0 fully saturated rings. The van der Waals surface area contributed by atoms with E-state index in [9.17, 15) is 9.59 Å². The molecule has 0 saturated heterocycles. The standard InChI is InChI=1S/C19H17N3O2/c1-13-10-14-6-3-5-9-17(14)22(13)18(23)12-21-19(24)16-8-4-2-7-15(16)11-20-21/h2-9,11,13H,10,12H2,1H3/t13-/m1/s1. The number of benzene rings is 2. The van der Waals surface area contributed by atoms with E-state index in [1.807, 2.05) is 49.4 Å². The van der Waals surface area contributed by atoms with Gasteiger partial charge in [0.05, 0.1) is 11.6 Å². The van der Waals surface area contributed by atoms with Crippen LogP contribution >= 0.6 is 0 Å². The van der Waals surface area contributed by atoms with Gasteiger partial charge in [-0.3, -0.25) is 9.59 Å². The van der Waals surface area contributed by atoms with E-state index >= 15 is 0 Å². The Labute approximate surface area is 139 Å². The zero-order valence-electron chi connectivity index (χ0n) is 13.3. The van der Waals surface area contributed by atoms with Crippen molar-refractivity contribution in [2.45, 2.75) is 25.9 Å².